The fourth-order valence-corrected chi connectivity index (χ4v) is 3.68. The largest absolute Gasteiger partial charge is 0.465 e. The second kappa shape index (κ2) is 6.44. The van der Waals surface area contributed by atoms with E-state index in [2.05, 4.69) is 31.4 Å². The van der Waals surface area contributed by atoms with E-state index in [1.807, 2.05) is 0 Å². The topological polar surface area (TPSA) is 104 Å². The van der Waals surface area contributed by atoms with Gasteiger partial charge >= 0.3 is 6.09 Å². The van der Waals surface area contributed by atoms with E-state index >= 15 is 0 Å². The molecule has 1 saturated carbocycles. The third-order valence-corrected chi connectivity index (χ3v) is 4.19. The molecule has 1 fully saturated rings. The number of nitro groups is 1. The van der Waals surface area contributed by atoms with Crippen molar-refractivity contribution >= 4 is 23.2 Å². The first-order chi connectivity index (χ1) is 10.7. The minimum absolute atomic E-state index is 0.118. The molecule has 0 radical (unpaired) electrons. The smallest absolute Gasteiger partial charge is 0.409 e. The Morgan fingerprint density at radius 3 is 2.65 bits per heavy atom. The summed E-state index contributed by atoms with van der Waals surface area (Å²) in [6.45, 7) is 6.63. The van der Waals surface area contributed by atoms with Crippen molar-refractivity contribution in [3.63, 3.8) is 0 Å². The van der Waals surface area contributed by atoms with Crippen molar-refractivity contribution in [1.82, 2.24) is 0 Å². The van der Waals surface area contributed by atoms with E-state index in [1.165, 1.54) is 12.1 Å². The molecule has 0 aromatic heterocycles. The number of nitrogens with one attached hydrogen (secondary N) is 2. The maximum absolute atomic E-state index is 11.3. The molecule has 7 nitrogen and oxygen atoms in total. The first-order valence-electron chi connectivity index (χ1n) is 7.71. The van der Waals surface area contributed by atoms with Crippen LogP contribution >= 0.6 is 0 Å². The first-order valence-corrected chi connectivity index (χ1v) is 7.71. The first kappa shape index (κ1) is 17.1. The van der Waals surface area contributed by atoms with Crippen LogP contribution in [0, 0.1) is 21.4 Å². The molecule has 0 heterocycles. The minimum Gasteiger partial charge on any atom is -0.465 e. The molecule has 23 heavy (non-hydrogen) atoms. The van der Waals surface area contributed by atoms with Crippen LogP contribution in [0.25, 0.3) is 0 Å². The number of amides is 1. The number of anilines is 2. The van der Waals surface area contributed by atoms with Crippen LogP contribution in [0.15, 0.2) is 18.2 Å². The number of carbonyl (C=O) groups is 1. The van der Waals surface area contributed by atoms with E-state index in [0.29, 0.717) is 11.6 Å². The van der Waals surface area contributed by atoms with Gasteiger partial charge in [-0.2, -0.15) is 0 Å². The van der Waals surface area contributed by atoms with E-state index in [9.17, 15) is 14.9 Å². The van der Waals surface area contributed by atoms with Gasteiger partial charge in [-0.05, 0) is 42.7 Å². The maximum Gasteiger partial charge on any atom is 0.409 e. The highest BCUT2D eigenvalue weighted by Crippen LogP contribution is 2.40. The molecule has 1 aromatic carbocycles. The molecule has 126 valence electrons. The predicted molar refractivity (Wildman–Crippen MR) is 89.0 cm³/mol. The normalized spacial score (nSPS) is 23.1. The zero-order valence-electron chi connectivity index (χ0n) is 13.6. The molecule has 1 aromatic rings. The summed E-state index contributed by atoms with van der Waals surface area (Å²) >= 11 is 0. The van der Waals surface area contributed by atoms with Crippen LogP contribution < -0.4 is 10.6 Å². The van der Waals surface area contributed by atoms with Crippen LogP contribution in [-0.4, -0.2) is 22.2 Å². The quantitative estimate of drug-likeness (QED) is 0.566. The van der Waals surface area contributed by atoms with Gasteiger partial charge in [-0.3, -0.25) is 15.4 Å². The molecule has 0 aliphatic heterocycles. The molecule has 3 N–H and O–H groups in total. The Kier molecular flexibility index (Phi) is 4.77. The molecule has 0 saturated heterocycles. The highest BCUT2D eigenvalue weighted by atomic mass is 16.6. The van der Waals surface area contributed by atoms with Crippen LogP contribution in [0.5, 0.6) is 0 Å². The van der Waals surface area contributed by atoms with Crippen LogP contribution in [0.3, 0.4) is 0 Å². The van der Waals surface area contributed by atoms with Crippen molar-refractivity contribution in [1.29, 1.82) is 0 Å². The van der Waals surface area contributed by atoms with Crippen molar-refractivity contribution in [2.45, 2.75) is 46.1 Å². The molecule has 1 aliphatic carbocycles. The number of nitrogens with zero attached hydrogens (tertiary/aromatic N) is 1. The van der Waals surface area contributed by atoms with Gasteiger partial charge in [-0.15, -0.1) is 0 Å². The van der Waals surface area contributed by atoms with Crippen LogP contribution in [0.1, 0.15) is 40.0 Å². The Morgan fingerprint density at radius 2 is 2.09 bits per heavy atom. The minimum atomic E-state index is -1.25. The lowest BCUT2D eigenvalue weighted by Gasteiger charge is -2.39. The lowest BCUT2D eigenvalue weighted by Crippen LogP contribution is -2.35. The van der Waals surface area contributed by atoms with Crippen molar-refractivity contribution in [2.24, 2.45) is 11.3 Å². The molecule has 0 spiro atoms. The third-order valence-electron chi connectivity index (χ3n) is 4.19. The fourth-order valence-electron chi connectivity index (χ4n) is 3.68. The summed E-state index contributed by atoms with van der Waals surface area (Å²) in [7, 11) is 0. The van der Waals surface area contributed by atoms with Gasteiger partial charge in [0.2, 0.25) is 0 Å². The molecule has 1 amide bonds. The monoisotopic (exact) mass is 321 g/mol. The molecule has 2 rings (SSSR count). The second-order valence-corrected chi connectivity index (χ2v) is 7.17. The number of rotatable bonds is 4. The van der Waals surface area contributed by atoms with Gasteiger partial charge in [0.25, 0.3) is 5.69 Å². The Bertz CT molecular complexity index is 615. The van der Waals surface area contributed by atoms with Gasteiger partial charge in [-0.25, -0.2) is 4.79 Å². The molecule has 7 heteroatoms. The summed E-state index contributed by atoms with van der Waals surface area (Å²) in [5.74, 6) is 0.559. The number of hydrogen-bond acceptors (Lipinski definition) is 4. The van der Waals surface area contributed by atoms with Crippen molar-refractivity contribution in [2.75, 3.05) is 10.6 Å². The Morgan fingerprint density at radius 1 is 1.39 bits per heavy atom. The van der Waals surface area contributed by atoms with Crippen LogP contribution in [0.4, 0.5) is 21.9 Å². The molecular weight excluding hydrogens is 298 g/mol. The number of benzene rings is 1. The highest BCUT2D eigenvalue weighted by molar-refractivity contribution is 5.84. The van der Waals surface area contributed by atoms with E-state index < -0.39 is 11.0 Å². The summed E-state index contributed by atoms with van der Waals surface area (Å²) in [6, 6.07) is 4.51. The number of hydrogen-bond donors (Lipinski definition) is 3. The summed E-state index contributed by atoms with van der Waals surface area (Å²) in [6.07, 6.45) is 1.82. The average Bonchev–Trinajstić information content (AvgIpc) is 2.37. The van der Waals surface area contributed by atoms with Gasteiger partial charge in [0.15, 0.2) is 0 Å². The molecule has 0 unspecified atom stereocenters. The van der Waals surface area contributed by atoms with Crippen molar-refractivity contribution in [3.8, 4) is 0 Å². The van der Waals surface area contributed by atoms with Crippen molar-refractivity contribution in [3.05, 3.63) is 28.3 Å². The lowest BCUT2D eigenvalue weighted by molar-refractivity contribution is -0.383. The van der Waals surface area contributed by atoms with Gasteiger partial charge in [0, 0.05) is 12.1 Å². The Labute approximate surface area is 135 Å². The standard InChI is InChI=1S/C16H23N3O4/c1-10-6-12(9-16(2,3)8-10)17-13-5-4-11(18-15(20)21)7-14(13)19(22)23/h4-5,7,10,12,17-18H,6,8-9H2,1-3H3,(H,20,21)/t10-,12-/m1/s1. The predicted octanol–water partition coefficient (Wildman–Crippen LogP) is 4.31. The van der Waals surface area contributed by atoms with Crippen LogP contribution in [0.2, 0.25) is 0 Å². The molecular formula is C16H23N3O4. The number of carboxylic acid groups (broad SMARTS) is 1. The Hall–Kier alpha value is -2.31. The molecule has 2 atom stereocenters. The summed E-state index contributed by atoms with van der Waals surface area (Å²) < 4.78 is 0. The van der Waals surface area contributed by atoms with Crippen LogP contribution in [-0.2, 0) is 0 Å². The Balaban J connectivity index is 2.21. The van der Waals surface area contributed by atoms with Gasteiger partial charge in [-0.1, -0.05) is 20.8 Å². The second-order valence-electron chi connectivity index (χ2n) is 7.17. The fraction of sp³-hybridized carbons (Fsp3) is 0.562. The average molecular weight is 321 g/mol. The van der Waals surface area contributed by atoms with E-state index in [4.69, 9.17) is 5.11 Å². The lowest BCUT2D eigenvalue weighted by atomic mass is 9.70. The van der Waals surface area contributed by atoms with E-state index in [0.717, 1.165) is 19.3 Å². The van der Waals surface area contributed by atoms with Crippen molar-refractivity contribution < 1.29 is 14.8 Å². The highest BCUT2D eigenvalue weighted by Gasteiger charge is 2.32. The zero-order chi connectivity index (χ0) is 17.2. The SMILES string of the molecule is C[C@@H]1C[C@@H](Nc2ccc(NC(=O)O)cc2[N+](=O)[O-])CC(C)(C)C1. The summed E-state index contributed by atoms with van der Waals surface area (Å²) in [5.41, 5.74) is 0.703. The summed E-state index contributed by atoms with van der Waals surface area (Å²) in [5, 5.41) is 25.4. The van der Waals surface area contributed by atoms with Gasteiger partial charge in [0.05, 0.1) is 10.6 Å². The van der Waals surface area contributed by atoms with Gasteiger partial charge < -0.3 is 10.4 Å². The zero-order valence-corrected chi connectivity index (χ0v) is 13.6. The number of nitro benzene ring substituents is 1. The third kappa shape index (κ3) is 4.58. The molecule has 1 aliphatic rings. The van der Waals surface area contributed by atoms with E-state index in [1.54, 1.807) is 6.07 Å². The van der Waals surface area contributed by atoms with Gasteiger partial charge in [0.1, 0.15) is 5.69 Å². The molecule has 0 bridgehead atoms. The summed E-state index contributed by atoms with van der Waals surface area (Å²) in [4.78, 5) is 21.5. The maximum atomic E-state index is 11.3. The van der Waals surface area contributed by atoms with E-state index in [-0.39, 0.29) is 22.8 Å².